The van der Waals surface area contributed by atoms with E-state index >= 15 is 0 Å². The number of carboxylic acid groups (broad SMARTS) is 1. The fourth-order valence-electron chi connectivity index (χ4n) is 3.23. The van der Waals surface area contributed by atoms with E-state index in [1.54, 1.807) is 6.07 Å². The molecule has 1 aliphatic rings. The lowest BCUT2D eigenvalue weighted by Crippen LogP contribution is -2.39. The van der Waals surface area contributed by atoms with Crippen molar-refractivity contribution in [3.05, 3.63) is 29.1 Å². The minimum atomic E-state index is -1.01. The van der Waals surface area contributed by atoms with Gasteiger partial charge in [0.25, 0.3) is 0 Å². The lowest BCUT2D eigenvalue weighted by atomic mass is 9.68. The molecule has 1 aromatic rings. The third-order valence-corrected chi connectivity index (χ3v) is 4.31. The molecule has 0 spiro atoms. The smallest absolute Gasteiger partial charge is 0.314 e. The number of rotatable bonds is 5. The van der Waals surface area contributed by atoms with Gasteiger partial charge in [0.15, 0.2) is 11.6 Å². The summed E-state index contributed by atoms with van der Waals surface area (Å²) in [6, 6.07) is 2.86. The minimum absolute atomic E-state index is 0.113. The van der Waals surface area contributed by atoms with Crippen LogP contribution in [0.2, 0.25) is 0 Å². The number of carboxylic acids is 1. The van der Waals surface area contributed by atoms with Gasteiger partial charge < -0.3 is 14.6 Å². The molecular weight excluding hydrogens is 275 g/mol. The summed E-state index contributed by atoms with van der Waals surface area (Å²) in [6.07, 6.45) is 3.77. The van der Waals surface area contributed by atoms with Crippen molar-refractivity contribution >= 4 is 5.97 Å². The maximum absolute atomic E-state index is 14.1. The Morgan fingerprint density at radius 1 is 1.29 bits per heavy atom. The molecule has 0 bridgehead atoms. The van der Waals surface area contributed by atoms with Crippen molar-refractivity contribution in [2.24, 2.45) is 0 Å². The standard InChI is InChI=1S/C16H21FO4/c1-20-10-11-8-14(21-2)13(17)9-12(11)16(15(18)19)6-4-3-5-7-16/h8-9H,3-7,10H2,1-2H3,(H,18,19). The summed E-state index contributed by atoms with van der Waals surface area (Å²) in [7, 11) is 2.93. The van der Waals surface area contributed by atoms with Gasteiger partial charge in [-0.05, 0) is 36.1 Å². The highest BCUT2D eigenvalue weighted by atomic mass is 19.1. The molecule has 1 aromatic carbocycles. The monoisotopic (exact) mass is 296 g/mol. The molecule has 0 amide bonds. The molecule has 0 aromatic heterocycles. The van der Waals surface area contributed by atoms with Gasteiger partial charge in [-0.3, -0.25) is 4.79 Å². The van der Waals surface area contributed by atoms with Crippen molar-refractivity contribution < 1.29 is 23.8 Å². The molecule has 0 aliphatic heterocycles. The first-order chi connectivity index (χ1) is 10.0. The van der Waals surface area contributed by atoms with Gasteiger partial charge in [-0.25, -0.2) is 4.39 Å². The average molecular weight is 296 g/mol. The molecule has 1 saturated carbocycles. The second kappa shape index (κ2) is 6.43. The van der Waals surface area contributed by atoms with Gasteiger partial charge in [0.05, 0.1) is 19.1 Å². The molecule has 4 nitrogen and oxygen atoms in total. The molecule has 21 heavy (non-hydrogen) atoms. The van der Waals surface area contributed by atoms with Crippen LogP contribution in [-0.2, 0) is 21.6 Å². The van der Waals surface area contributed by atoms with Crippen LogP contribution >= 0.6 is 0 Å². The van der Waals surface area contributed by atoms with Crippen LogP contribution in [0.25, 0.3) is 0 Å². The van der Waals surface area contributed by atoms with Crippen LogP contribution in [0, 0.1) is 5.82 Å². The lowest BCUT2D eigenvalue weighted by Gasteiger charge is -2.35. The van der Waals surface area contributed by atoms with E-state index in [2.05, 4.69) is 0 Å². The fraction of sp³-hybridized carbons (Fsp3) is 0.562. The summed E-state index contributed by atoms with van der Waals surface area (Å²) in [4.78, 5) is 11.9. The molecule has 0 radical (unpaired) electrons. The highest BCUT2D eigenvalue weighted by Crippen LogP contribution is 2.42. The molecule has 5 heteroatoms. The number of halogens is 1. The largest absolute Gasteiger partial charge is 0.494 e. The van der Waals surface area contributed by atoms with Crippen molar-refractivity contribution in [3.8, 4) is 5.75 Å². The van der Waals surface area contributed by atoms with E-state index in [1.165, 1.54) is 20.3 Å². The predicted octanol–water partition coefficient (Wildman–Crippen LogP) is 3.27. The SMILES string of the molecule is COCc1cc(OC)c(F)cc1C1(C(=O)O)CCCCC1. The molecule has 1 fully saturated rings. The summed E-state index contributed by atoms with van der Waals surface area (Å²) in [5, 5.41) is 9.76. The zero-order valence-electron chi connectivity index (χ0n) is 12.4. The Kier molecular flexibility index (Phi) is 4.83. The Hall–Kier alpha value is -1.62. The van der Waals surface area contributed by atoms with E-state index in [1.807, 2.05) is 0 Å². The van der Waals surface area contributed by atoms with Gasteiger partial charge in [0, 0.05) is 7.11 Å². The minimum Gasteiger partial charge on any atom is -0.494 e. The highest BCUT2D eigenvalue weighted by molar-refractivity contribution is 5.82. The first kappa shape index (κ1) is 15.8. The number of carbonyl (C=O) groups is 1. The average Bonchev–Trinajstić information content (AvgIpc) is 2.49. The summed E-state index contributed by atoms with van der Waals surface area (Å²) in [5.41, 5.74) is 0.189. The molecule has 2 rings (SSSR count). The summed E-state index contributed by atoms with van der Waals surface area (Å²) in [5.74, 6) is -1.30. The zero-order chi connectivity index (χ0) is 15.5. The number of hydrogen-bond acceptors (Lipinski definition) is 3. The lowest BCUT2D eigenvalue weighted by molar-refractivity contribution is -0.145. The zero-order valence-corrected chi connectivity index (χ0v) is 12.4. The van der Waals surface area contributed by atoms with Gasteiger partial charge in [-0.15, -0.1) is 0 Å². The topological polar surface area (TPSA) is 55.8 Å². The van der Waals surface area contributed by atoms with E-state index in [0.717, 1.165) is 19.3 Å². The van der Waals surface area contributed by atoms with Gasteiger partial charge in [-0.1, -0.05) is 19.3 Å². The number of ether oxygens (including phenoxy) is 2. The van der Waals surface area contributed by atoms with Crippen LogP contribution in [-0.4, -0.2) is 25.3 Å². The van der Waals surface area contributed by atoms with E-state index in [4.69, 9.17) is 9.47 Å². The van der Waals surface area contributed by atoms with Crippen molar-refractivity contribution in [2.45, 2.75) is 44.1 Å². The van der Waals surface area contributed by atoms with Crippen LogP contribution in [0.1, 0.15) is 43.2 Å². The Morgan fingerprint density at radius 2 is 1.95 bits per heavy atom. The highest BCUT2D eigenvalue weighted by Gasteiger charge is 2.43. The molecule has 0 unspecified atom stereocenters. The van der Waals surface area contributed by atoms with Crippen molar-refractivity contribution in [1.29, 1.82) is 0 Å². The van der Waals surface area contributed by atoms with E-state index in [0.29, 0.717) is 24.0 Å². The maximum Gasteiger partial charge on any atom is 0.314 e. The predicted molar refractivity (Wildman–Crippen MR) is 76.1 cm³/mol. The van der Waals surface area contributed by atoms with Crippen molar-refractivity contribution in [1.82, 2.24) is 0 Å². The van der Waals surface area contributed by atoms with Gasteiger partial charge >= 0.3 is 5.97 Å². The van der Waals surface area contributed by atoms with Crippen molar-refractivity contribution in [2.75, 3.05) is 14.2 Å². The summed E-state index contributed by atoms with van der Waals surface area (Å²) < 4.78 is 24.2. The molecule has 0 saturated heterocycles. The second-order valence-corrected chi connectivity index (χ2v) is 5.52. The Morgan fingerprint density at radius 3 is 2.48 bits per heavy atom. The van der Waals surface area contributed by atoms with E-state index in [-0.39, 0.29) is 12.4 Å². The Bertz CT molecular complexity index is 521. The summed E-state index contributed by atoms with van der Waals surface area (Å²) >= 11 is 0. The quantitative estimate of drug-likeness (QED) is 0.906. The van der Waals surface area contributed by atoms with Crippen LogP contribution in [0.3, 0.4) is 0 Å². The molecule has 1 N–H and O–H groups in total. The van der Waals surface area contributed by atoms with Crippen LogP contribution in [0.4, 0.5) is 4.39 Å². The maximum atomic E-state index is 14.1. The van der Waals surface area contributed by atoms with Gasteiger partial charge in [0.2, 0.25) is 0 Å². The molecule has 0 heterocycles. The van der Waals surface area contributed by atoms with Gasteiger partial charge in [0.1, 0.15) is 0 Å². The van der Waals surface area contributed by atoms with Crippen molar-refractivity contribution in [3.63, 3.8) is 0 Å². The first-order valence-corrected chi connectivity index (χ1v) is 7.14. The molecular formula is C16H21FO4. The van der Waals surface area contributed by atoms with Crippen LogP contribution in [0.15, 0.2) is 12.1 Å². The number of benzene rings is 1. The number of methoxy groups -OCH3 is 2. The first-order valence-electron chi connectivity index (χ1n) is 7.14. The summed E-state index contributed by atoms with van der Waals surface area (Å²) in [6.45, 7) is 0.237. The number of aliphatic carboxylic acids is 1. The third-order valence-electron chi connectivity index (χ3n) is 4.31. The number of hydrogen-bond donors (Lipinski definition) is 1. The molecule has 0 atom stereocenters. The van der Waals surface area contributed by atoms with E-state index < -0.39 is 17.2 Å². The molecule has 116 valence electrons. The van der Waals surface area contributed by atoms with Crippen LogP contribution < -0.4 is 4.74 Å². The van der Waals surface area contributed by atoms with E-state index in [9.17, 15) is 14.3 Å². The van der Waals surface area contributed by atoms with Crippen LogP contribution in [0.5, 0.6) is 5.75 Å². The molecule has 1 aliphatic carbocycles. The normalized spacial score (nSPS) is 17.5. The Balaban J connectivity index is 2.58. The second-order valence-electron chi connectivity index (χ2n) is 5.52. The Labute approximate surface area is 123 Å². The fourth-order valence-corrected chi connectivity index (χ4v) is 3.23. The van der Waals surface area contributed by atoms with Gasteiger partial charge in [-0.2, -0.15) is 0 Å². The third kappa shape index (κ3) is 2.88.